The monoisotopic (exact) mass is 298 g/mol. The van der Waals surface area contributed by atoms with Gasteiger partial charge in [0, 0.05) is 28.2 Å². The van der Waals surface area contributed by atoms with Crippen molar-refractivity contribution in [3.05, 3.63) is 39.6 Å². The van der Waals surface area contributed by atoms with Gasteiger partial charge in [0.2, 0.25) is 0 Å². The summed E-state index contributed by atoms with van der Waals surface area (Å²) in [6, 6.07) is 4.18. The van der Waals surface area contributed by atoms with Crippen LogP contribution in [-0.2, 0) is 6.42 Å². The Labute approximate surface area is 106 Å². The highest BCUT2D eigenvalue weighted by molar-refractivity contribution is 9.10. The Hall–Kier alpha value is -0.850. The van der Waals surface area contributed by atoms with E-state index in [1.54, 1.807) is 6.20 Å². The molecule has 0 radical (unpaired) electrons. The van der Waals surface area contributed by atoms with Crippen LogP contribution in [0.2, 0.25) is 0 Å². The number of likely N-dealkylation sites (N-methyl/N-ethyl adjacent to an activating group) is 1. The Morgan fingerprint density at radius 1 is 1.50 bits per heavy atom. The normalized spacial score (nSPS) is 12.6. The number of pyridine rings is 1. The minimum Gasteiger partial charge on any atom is -0.311 e. The Balaban J connectivity index is 2.10. The van der Waals surface area contributed by atoms with Gasteiger partial charge in [0.05, 0.1) is 11.7 Å². The number of nitrogens with one attached hydrogen (secondary N) is 1. The molecule has 0 aliphatic rings. The third kappa shape index (κ3) is 2.84. The zero-order chi connectivity index (χ0) is 11.4. The van der Waals surface area contributed by atoms with Crippen LogP contribution in [0.15, 0.2) is 28.2 Å². The standard InChI is InChI=1S/C10H11BrN4S/c1-12-9(10-6-16-15-14-10)4-8-3-2-7(11)5-13-8/h2-3,5-6,9,12H,4H2,1H3. The van der Waals surface area contributed by atoms with Crippen molar-refractivity contribution in [3.63, 3.8) is 0 Å². The average molecular weight is 299 g/mol. The summed E-state index contributed by atoms with van der Waals surface area (Å²) in [7, 11) is 1.92. The van der Waals surface area contributed by atoms with Crippen molar-refractivity contribution in [2.45, 2.75) is 12.5 Å². The molecule has 84 valence electrons. The van der Waals surface area contributed by atoms with Crippen LogP contribution in [0.5, 0.6) is 0 Å². The summed E-state index contributed by atoms with van der Waals surface area (Å²) in [5.74, 6) is 0. The maximum absolute atomic E-state index is 4.34. The van der Waals surface area contributed by atoms with Crippen LogP contribution in [0.1, 0.15) is 17.4 Å². The summed E-state index contributed by atoms with van der Waals surface area (Å²) in [6.45, 7) is 0. The van der Waals surface area contributed by atoms with Gasteiger partial charge in [-0.3, -0.25) is 4.98 Å². The fourth-order valence-corrected chi connectivity index (χ4v) is 2.16. The van der Waals surface area contributed by atoms with Crippen molar-refractivity contribution in [2.24, 2.45) is 0 Å². The lowest BCUT2D eigenvalue weighted by Gasteiger charge is -2.12. The molecule has 2 aromatic heterocycles. The second-order valence-electron chi connectivity index (χ2n) is 3.34. The highest BCUT2D eigenvalue weighted by atomic mass is 79.9. The van der Waals surface area contributed by atoms with Crippen molar-refractivity contribution >= 4 is 27.5 Å². The van der Waals surface area contributed by atoms with Crippen LogP contribution in [0.4, 0.5) is 0 Å². The number of halogens is 1. The second kappa shape index (κ2) is 5.47. The fraction of sp³-hybridized carbons (Fsp3) is 0.300. The summed E-state index contributed by atoms with van der Waals surface area (Å²) in [5.41, 5.74) is 2.01. The molecule has 0 aromatic carbocycles. The predicted molar refractivity (Wildman–Crippen MR) is 67.4 cm³/mol. The van der Waals surface area contributed by atoms with E-state index in [1.165, 1.54) is 11.5 Å². The third-order valence-corrected chi connectivity index (χ3v) is 3.28. The van der Waals surface area contributed by atoms with Crippen molar-refractivity contribution in [2.75, 3.05) is 7.05 Å². The summed E-state index contributed by atoms with van der Waals surface area (Å²) in [5, 5.41) is 9.25. The van der Waals surface area contributed by atoms with Gasteiger partial charge in [0.25, 0.3) is 0 Å². The predicted octanol–water partition coefficient (Wildman–Crippen LogP) is 2.20. The molecule has 16 heavy (non-hydrogen) atoms. The molecule has 4 nitrogen and oxygen atoms in total. The lowest BCUT2D eigenvalue weighted by atomic mass is 10.1. The van der Waals surface area contributed by atoms with E-state index < -0.39 is 0 Å². The summed E-state index contributed by atoms with van der Waals surface area (Å²) >= 11 is 4.74. The molecule has 0 bridgehead atoms. The van der Waals surface area contributed by atoms with Crippen LogP contribution in [0, 0.1) is 0 Å². The van der Waals surface area contributed by atoms with Gasteiger partial charge in [-0.05, 0) is 46.6 Å². The molecule has 0 amide bonds. The topological polar surface area (TPSA) is 50.7 Å². The number of hydrogen-bond acceptors (Lipinski definition) is 5. The maximum Gasteiger partial charge on any atom is 0.0928 e. The lowest BCUT2D eigenvalue weighted by Crippen LogP contribution is -2.19. The molecule has 2 aromatic rings. The molecule has 1 N–H and O–H groups in total. The molecule has 2 rings (SSSR count). The van der Waals surface area contributed by atoms with Gasteiger partial charge >= 0.3 is 0 Å². The lowest BCUT2D eigenvalue weighted by molar-refractivity contribution is 0.567. The third-order valence-electron chi connectivity index (χ3n) is 2.28. The number of rotatable bonds is 4. The van der Waals surface area contributed by atoms with Gasteiger partial charge in [-0.1, -0.05) is 4.49 Å². The van der Waals surface area contributed by atoms with E-state index in [-0.39, 0.29) is 6.04 Å². The molecule has 0 fully saturated rings. The SMILES string of the molecule is CNC(Cc1ccc(Br)cn1)c1csnn1. The van der Waals surface area contributed by atoms with Gasteiger partial charge in [0.1, 0.15) is 0 Å². The van der Waals surface area contributed by atoms with E-state index in [1.807, 2.05) is 24.6 Å². The summed E-state index contributed by atoms with van der Waals surface area (Å²) in [4.78, 5) is 4.34. The minimum atomic E-state index is 0.174. The van der Waals surface area contributed by atoms with Crippen molar-refractivity contribution < 1.29 is 0 Å². The maximum atomic E-state index is 4.34. The van der Waals surface area contributed by atoms with E-state index >= 15 is 0 Å². The van der Waals surface area contributed by atoms with E-state index in [9.17, 15) is 0 Å². The van der Waals surface area contributed by atoms with Crippen LogP contribution >= 0.6 is 27.5 Å². The molecule has 0 spiro atoms. The zero-order valence-electron chi connectivity index (χ0n) is 8.72. The molecule has 0 saturated heterocycles. The van der Waals surface area contributed by atoms with Gasteiger partial charge in [0.15, 0.2) is 0 Å². The van der Waals surface area contributed by atoms with Crippen molar-refractivity contribution in [1.29, 1.82) is 0 Å². The number of nitrogens with zero attached hydrogens (tertiary/aromatic N) is 3. The van der Waals surface area contributed by atoms with Crippen molar-refractivity contribution in [1.82, 2.24) is 19.9 Å². The molecule has 2 heterocycles. The first-order valence-corrected chi connectivity index (χ1v) is 6.47. The Morgan fingerprint density at radius 3 is 2.94 bits per heavy atom. The smallest absolute Gasteiger partial charge is 0.0928 e. The number of hydrogen-bond donors (Lipinski definition) is 1. The molecule has 6 heteroatoms. The molecule has 1 atom stereocenters. The van der Waals surface area contributed by atoms with Gasteiger partial charge < -0.3 is 5.32 Å². The van der Waals surface area contributed by atoms with Crippen LogP contribution in [0.25, 0.3) is 0 Å². The quantitative estimate of drug-likeness (QED) is 0.940. The first-order chi connectivity index (χ1) is 7.79. The summed E-state index contributed by atoms with van der Waals surface area (Å²) in [6.07, 6.45) is 2.62. The zero-order valence-corrected chi connectivity index (χ0v) is 11.1. The van der Waals surface area contributed by atoms with E-state index in [2.05, 4.69) is 35.8 Å². The van der Waals surface area contributed by atoms with Crippen molar-refractivity contribution in [3.8, 4) is 0 Å². The van der Waals surface area contributed by atoms with Crippen LogP contribution < -0.4 is 5.32 Å². The first-order valence-electron chi connectivity index (χ1n) is 4.84. The van der Waals surface area contributed by atoms with Crippen LogP contribution in [-0.4, -0.2) is 21.6 Å². The molecular weight excluding hydrogens is 288 g/mol. The fourth-order valence-electron chi connectivity index (χ4n) is 1.41. The highest BCUT2D eigenvalue weighted by Crippen LogP contribution is 2.16. The number of aromatic nitrogens is 3. The van der Waals surface area contributed by atoms with E-state index in [4.69, 9.17) is 0 Å². The largest absolute Gasteiger partial charge is 0.311 e. The molecule has 0 aliphatic carbocycles. The summed E-state index contributed by atoms with van der Waals surface area (Å²) < 4.78 is 4.86. The van der Waals surface area contributed by atoms with Crippen LogP contribution in [0.3, 0.4) is 0 Å². The molecule has 0 aliphatic heterocycles. The average Bonchev–Trinajstić information content (AvgIpc) is 2.82. The highest BCUT2D eigenvalue weighted by Gasteiger charge is 2.13. The Bertz CT molecular complexity index is 429. The van der Waals surface area contributed by atoms with E-state index in [0.29, 0.717) is 0 Å². The van der Waals surface area contributed by atoms with Gasteiger partial charge in [-0.25, -0.2) is 0 Å². The molecular formula is C10H11BrN4S. The molecule has 1 unspecified atom stereocenters. The minimum absolute atomic E-state index is 0.174. The van der Waals surface area contributed by atoms with Gasteiger partial charge in [-0.2, -0.15) is 0 Å². The van der Waals surface area contributed by atoms with E-state index in [0.717, 1.165) is 22.3 Å². The second-order valence-corrected chi connectivity index (χ2v) is 4.87. The molecule has 0 saturated carbocycles. The first kappa shape index (κ1) is 11.6. The Kier molecular flexibility index (Phi) is 3.98. The Morgan fingerprint density at radius 2 is 2.38 bits per heavy atom. The van der Waals surface area contributed by atoms with Gasteiger partial charge in [-0.15, -0.1) is 5.10 Å².